The zero-order valence-electron chi connectivity index (χ0n) is 13.2. The van der Waals surface area contributed by atoms with Crippen LogP contribution in [0.3, 0.4) is 0 Å². The van der Waals surface area contributed by atoms with Crippen LogP contribution in [-0.2, 0) is 13.1 Å². The summed E-state index contributed by atoms with van der Waals surface area (Å²) in [5.74, 6) is 0.0149. The first-order chi connectivity index (χ1) is 11.0. The van der Waals surface area contributed by atoms with Gasteiger partial charge in [0.1, 0.15) is 11.6 Å². The Kier molecular flexibility index (Phi) is 5.75. The molecule has 0 unspecified atom stereocenters. The average molecular weight is 338 g/mol. The number of nitrogens with one attached hydrogen (secondary N) is 2. The Bertz CT molecular complexity index is 675. The molecule has 2 N–H and O–H groups in total. The maximum atomic E-state index is 13.4. The molecule has 0 saturated carbocycles. The van der Waals surface area contributed by atoms with Crippen molar-refractivity contribution in [3.63, 3.8) is 0 Å². The first-order valence-electron chi connectivity index (χ1n) is 6.95. The van der Waals surface area contributed by atoms with Crippen LogP contribution in [0, 0.1) is 5.82 Å². The van der Waals surface area contributed by atoms with Crippen molar-refractivity contribution >= 4 is 22.5 Å². The molecule has 2 rings (SSSR count). The van der Waals surface area contributed by atoms with E-state index in [1.54, 1.807) is 6.07 Å². The van der Waals surface area contributed by atoms with Crippen molar-refractivity contribution in [1.29, 1.82) is 0 Å². The monoisotopic (exact) mass is 338 g/mol. The lowest BCUT2D eigenvalue weighted by Crippen LogP contribution is -2.34. The minimum absolute atomic E-state index is 0.208. The molecule has 0 bridgehead atoms. The number of thiazole rings is 1. The molecule has 0 spiro atoms. The zero-order valence-corrected chi connectivity index (χ0v) is 14.0. The first-order valence-corrected chi connectivity index (χ1v) is 7.83. The van der Waals surface area contributed by atoms with E-state index in [1.807, 2.05) is 24.4 Å². The van der Waals surface area contributed by atoms with E-state index in [0.29, 0.717) is 17.9 Å². The van der Waals surface area contributed by atoms with Gasteiger partial charge in [0.05, 0.1) is 19.3 Å². The molecule has 1 aromatic carbocycles. The molecule has 2 aromatic rings. The molecular weight excluding hydrogens is 319 g/mol. The van der Waals surface area contributed by atoms with E-state index < -0.39 is 5.82 Å². The predicted molar refractivity (Wildman–Crippen MR) is 88.5 cm³/mol. The molecule has 0 aliphatic heterocycles. The summed E-state index contributed by atoms with van der Waals surface area (Å²) in [5.41, 5.74) is 1.42. The number of halogens is 1. The summed E-state index contributed by atoms with van der Waals surface area (Å²) < 4.78 is 18.3. The van der Waals surface area contributed by atoms with Crippen LogP contribution in [0.4, 0.5) is 14.3 Å². The van der Waals surface area contributed by atoms with E-state index >= 15 is 0 Å². The molecule has 0 fully saturated rings. The number of methoxy groups -OCH3 is 1. The molecule has 8 heteroatoms. The van der Waals surface area contributed by atoms with Crippen molar-refractivity contribution in [2.24, 2.45) is 0 Å². The highest BCUT2D eigenvalue weighted by Crippen LogP contribution is 2.18. The summed E-state index contributed by atoms with van der Waals surface area (Å²) in [6, 6.07) is 3.97. The minimum Gasteiger partial charge on any atom is -0.497 e. The van der Waals surface area contributed by atoms with Gasteiger partial charge in [0.15, 0.2) is 5.13 Å². The predicted octanol–water partition coefficient (Wildman–Crippen LogP) is 2.36. The number of amides is 2. The lowest BCUT2D eigenvalue weighted by molar-refractivity contribution is 0.240. The van der Waals surface area contributed by atoms with Crippen LogP contribution in [-0.4, -0.2) is 32.2 Å². The van der Waals surface area contributed by atoms with Gasteiger partial charge in [-0.2, -0.15) is 0 Å². The Morgan fingerprint density at radius 2 is 2.04 bits per heavy atom. The molecule has 1 aromatic heterocycles. The number of urea groups is 1. The maximum absolute atomic E-state index is 13.4. The van der Waals surface area contributed by atoms with Gasteiger partial charge in [0, 0.05) is 32.1 Å². The molecule has 2 amide bonds. The fourth-order valence-electron chi connectivity index (χ4n) is 1.84. The van der Waals surface area contributed by atoms with Gasteiger partial charge in [-0.15, -0.1) is 11.3 Å². The molecule has 0 aliphatic rings. The lowest BCUT2D eigenvalue weighted by atomic mass is 10.2. The van der Waals surface area contributed by atoms with Crippen molar-refractivity contribution in [1.82, 2.24) is 15.6 Å². The maximum Gasteiger partial charge on any atom is 0.315 e. The van der Waals surface area contributed by atoms with E-state index in [9.17, 15) is 9.18 Å². The van der Waals surface area contributed by atoms with Crippen LogP contribution in [0.5, 0.6) is 5.75 Å². The molecule has 6 nitrogen and oxygen atoms in total. The number of carbonyl (C=O) groups is 1. The Hall–Kier alpha value is -2.35. The van der Waals surface area contributed by atoms with Crippen LogP contribution in [0.1, 0.15) is 11.3 Å². The molecule has 0 radical (unpaired) electrons. The average Bonchev–Trinajstić information content (AvgIpc) is 2.99. The number of benzene rings is 1. The minimum atomic E-state index is -0.403. The van der Waals surface area contributed by atoms with Gasteiger partial charge in [0.25, 0.3) is 0 Å². The summed E-state index contributed by atoms with van der Waals surface area (Å²) in [4.78, 5) is 18.1. The van der Waals surface area contributed by atoms with Gasteiger partial charge in [0.2, 0.25) is 0 Å². The summed E-state index contributed by atoms with van der Waals surface area (Å²) in [6.45, 7) is 0.544. The SMILES string of the molecule is COc1cc(F)cc(CNC(=O)NCc2csc(N(C)C)n2)c1. The van der Waals surface area contributed by atoms with Crippen LogP contribution >= 0.6 is 11.3 Å². The van der Waals surface area contributed by atoms with Crippen molar-refractivity contribution in [3.05, 3.63) is 40.7 Å². The number of carbonyl (C=O) groups excluding carboxylic acids is 1. The van der Waals surface area contributed by atoms with E-state index in [0.717, 1.165) is 10.8 Å². The Labute approximate surface area is 138 Å². The molecule has 0 atom stereocenters. The van der Waals surface area contributed by atoms with E-state index in [-0.39, 0.29) is 12.6 Å². The second kappa shape index (κ2) is 7.77. The second-order valence-electron chi connectivity index (χ2n) is 5.05. The van der Waals surface area contributed by atoms with Gasteiger partial charge in [-0.05, 0) is 17.7 Å². The van der Waals surface area contributed by atoms with Gasteiger partial charge in [-0.1, -0.05) is 0 Å². The third-order valence-electron chi connectivity index (χ3n) is 2.97. The van der Waals surface area contributed by atoms with Crippen molar-refractivity contribution in [2.75, 3.05) is 26.1 Å². The Morgan fingerprint density at radius 1 is 1.30 bits per heavy atom. The Morgan fingerprint density at radius 3 is 2.70 bits per heavy atom. The third kappa shape index (κ3) is 5.10. The number of hydrogen-bond acceptors (Lipinski definition) is 5. The molecular formula is C15H19FN4O2S. The number of aromatic nitrogens is 1. The van der Waals surface area contributed by atoms with E-state index in [4.69, 9.17) is 4.74 Å². The smallest absolute Gasteiger partial charge is 0.315 e. The van der Waals surface area contributed by atoms with Crippen LogP contribution < -0.4 is 20.3 Å². The van der Waals surface area contributed by atoms with Gasteiger partial charge in [-0.3, -0.25) is 0 Å². The topological polar surface area (TPSA) is 66.5 Å². The normalized spacial score (nSPS) is 10.3. The summed E-state index contributed by atoms with van der Waals surface area (Å²) in [6.07, 6.45) is 0. The number of hydrogen-bond donors (Lipinski definition) is 2. The van der Waals surface area contributed by atoms with Gasteiger partial charge in [-0.25, -0.2) is 14.2 Å². The molecule has 23 heavy (non-hydrogen) atoms. The molecule has 1 heterocycles. The van der Waals surface area contributed by atoms with Crippen molar-refractivity contribution < 1.29 is 13.9 Å². The standard InChI is InChI=1S/C15H19FN4O2S/c1-20(2)15-19-12(9-23-15)8-18-14(21)17-7-10-4-11(16)6-13(5-10)22-3/h4-6,9H,7-8H2,1-3H3,(H2,17,18,21). The second-order valence-corrected chi connectivity index (χ2v) is 5.89. The van der Waals surface area contributed by atoms with E-state index in [1.165, 1.54) is 30.6 Å². The highest BCUT2D eigenvalue weighted by Gasteiger charge is 2.07. The molecule has 0 saturated heterocycles. The third-order valence-corrected chi connectivity index (χ3v) is 4.03. The number of ether oxygens (including phenoxy) is 1. The van der Waals surface area contributed by atoms with Crippen molar-refractivity contribution in [2.45, 2.75) is 13.1 Å². The van der Waals surface area contributed by atoms with Crippen molar-refractivity contribution in [3.8, 4) is 5.75 Å². The largest absolute Gasteiger partial charge is 0.497 e. The quantitative estimate of drug-likeness (QED) is 0.848. The van der Waals surface area contributed by atoms with Gasteiger partial charge >= 0.3 is 6.03 Å². The molecule has 0 aliphatic carbocycles. The molecule has 124 valence electrons. The fraction of sp³-hybridized carbons (Fsp3) is 0.333. The lowest BCUT2D eigenvalue weighted by Gasteiger charge is -2.08. The van der Waals surface area contributed by atoms with Gasteiger partial charge < -0.3 is 20.3 Å². The highest BCUT2D eigenvalue weighted by atomic mass is 32.1. The van der Waals surface area contributed by atoms with Crippen LogP contribution in [0.15, 0.2) is 23.6 Å². The zero-order chi connectivity index (χ0) is 16.8. The number of nitrogens with zero attached hydrogens (tertiary/aromatic N) is 2. The fourth-order valence-corrected chi connectivity index (χ4v) is 2.60. The Balaban J connectivity index is 1.81. The van der Waals surface area contributed by atoms with Crippen LogP contribution in [0.2, 0.25) is 0 Å². The number of rotatable bonds is 6. The summed E-state index contributed by atoms with van der Waals surface area (Å²) in [7, 11) is 5.29. The van der Waals surface area contributed by atoms with E-state index in [2.05, 4.69) is 15.6 Å². The highest BCUT2D eigenvalue weighted by molar-refractivity contribution is 7.13. The summed E-state index contributed by atoms with van der Waals surface area (Å²) in [5, 5.41) is 8.16. The number of anilines is 1. The van der Waals surface area contributed by atoms with Crippen LogP contribution in [0.25, 0.3) is 0 Å². The summed E-state index contributed by atoms with van der Waals surface area (Å²) >= 11 is 1.51. The first kappa shape index (κ1) is 17.0.